The van der Waals surface area contributed by atoms with Crippen LogP contribution in [0.5, 0.6) is 0 Å². The first-order chi connectivity index (χ1) is 29.2. The molecule has 338 valence electrons. The van der Waals surface area contributed by atoms with Gasteiger partial charge in [-0.2, -0.15) is 0 Å². The molecular weight excluding hydrogens is 865 g/mol. The van der Waals surface area contributed by atoms with E-state index in [0.717, 1.165) is 77.5 Å². The molecule has 0 radical (unpaired) electrons. The molecule has 26 heteroatoms. The van der Waals surface area contributed by atoms with Crippen LogP contribution in [-0.4, -0.2) is 142 Å². The van der Waals surface area contributed by atoms with E-state index in [1.165, 1.54) is 23.2 Å². The van der Waals surface area contributed by atoms with Crippen LogP contribution in [0.3, 0.4) is 0 Å². The van der Waals surface area contributed by atoms with Gasteiger partial charge in [0.05, 0.1) is 13.2 Å². The topological polar surface area (TPSA) is 295 Å². The van der Waals surface area contributed by atoms with Gasteiger partial charge in [-0.3, -0.25) is 47.5 Å². The first kappa shape index (κ1) is 48.8. The smallest absolute Gasteiger partial charge is 0.303 e. The summed E-state index contributed by atoms with van der Waals surface area (Å²) in [5, 5.41) is 6.26. The lowest BCUT2D eigenvalue weighted by atomic mass is 10.0. The molecule has 4 heterocycles. The molecule has 2 N–H and O–H groups in total. The Hall–Kier alpha value is -5.86. The number of nitrogens with zero attached hydrogens (tertiary/aromatic N) is 6. The van der Waals surface area contributed by atoms with Gasteiger partial charge in [0.2, 0.25) is 0 Å². The Bertz CT molecular complexity index is 2080. The number of rotatable bonds is 15. The number of hydrogen-bond donors (Lipinski definition) is 2. The van der Waals surface area contributed by atoms with Crippen molar-refractivity contribution in [2.75, 3.05) is 36.4 Å². The van der Waals surface area contributed by atoms with Gasteiger partial charge >= 0.3 is 35.8 Å². The number of anilines is 2. The van der Waals surface area contributed by atoms with Crippen LogP contribution >= 0.6 is 23.5 Å². The number of thioether (sulfide) groups is 2. The van der Waals surface area contributed by atoms with Gasteiger partial charge in [-0.15, -0.1) is 0 Å². The van der Waals surface area contributed by atoms with E-state index in [-0.39, 0.29) is 46.5 Å². The largest absolute Gasteiger partial charge is 0.456 e. The molecule has 24 nitrogen and oxygen atoms in total. The third kappa shape index (κ3) is 12.4. The Balaban J connectivity index is 1.75. The second kappa shape index (κ2) is 21.8. The van der Waals surface area contributed by atoms with Gasteiger partial charge in [0.15, 0.2) is 82.4 Å². The maximum Gasteiger partial charge on any atom is 0.303 e. The number of esters is 6. The van der Waals surface area contributed by atoms with Crippen LogP contribution in [-0.2, 0) is 80.8 Å². The summed E-state index contributed by atoms with van der Waals surface area (Å²) in [4.78, 5) is 117. The molecule has 0 bridgehead atoms. The van der Waals surface area contributed by atoms with Crippen molar-refractivity contribution in [2.24, 2.45) is 24.1 Å². The molecule has 2 aromatic heterocycles. The number of aromatic nitrogens is 4. The number of carbonyl (C=O) groups excluding carboxylic acids is 6. The summed E-state index contributed by atoms with van der Waals surface area (Å²) < 4.78 is 46.5. The minimum Gasteiger partial charge on any atom is -0.456 e. The van der Waals surface area contributed by atoms with Crippen LogP contribution in [0.25, 0.3) is 0 Å². The van der Waals surface area contributed by atoms with Crippen LogP contribution < -0.4 is 21.8 Å². The average Bonchev–Trinajstić information content (AvgIpc) is 3.18. The molecule has 2 aromatic rings. The number of aliphatic imine (C=N–C) groups is 2. The molecule has 0 amide bonds. The SMILES string of the molecule is CSc1nc(N[C@@H]2OC[C@H](OC(C)=O)[C@H](OC(C)=O)[C@@H]2OC(C)=O)c(N=CC=Nc2c(N[C@@H]3OC[C@H](OC(C)=O)[C@@H](OC(C)=O)[C@@H]3OC(C)=O)nc(SC)n(C)c2=O)c(=O)n1C. The molecule has 2 fully saturated rings. The summed E-state index contributed by atoms with van der Waals surface area (Å²) in [6.07, 6.45) is -4.98. The lowest BCUT2D eigenvalue weighted by Gasteiger charge is -2.40. The first-order valence-electron chi connectivity index (χ1n) is 18.4. The number of carbonyl (C=O) groups is 6. The van der Waals surface area contributed by atoms with E-state index in [1.807, 2.05) is 0 Å². The second-order valence-electron chi connectivity index (χ2n) is 13.3. The zero-order chi connectivity index (χ0) is 46.0. The van der Waals surface area contributed by atoms with Crippen molar-refractivity contribution in [2.45, 2.75) is 101 Å². The lowest BCUT2D eigenvalue weighted by molar-refractivity contribution is -0.221. The predicted octanol–water partition coefficient (Wildman–Crippen LogP) is 0.549. The van der Waals surface area contributed by atoms with Crippen LogP contribution in [0.4, 0.5) is 23.0 Å². The highest BCUT2D eigenvalue weighted by atomic mass is 32.2. The maximum absolute atomic E-state index is 13.7. The molecule has 0 spiro atoms. The molecule has 0 aromatic carbocycles. The molecule has 2 aliphatic heterocycles. The molecule has 0 unspecified atom stereocenters. The van der Waals surface area contributed by atoms with Crippen molar-refractivity contribution in [3.63, 3.8) is 0 Å². The molecule has 2 saturated heterocycles. The standard InChI is InChI=1S/C36H46N8O16S2/c1-15(45)55-21-13-53-31(27(59-19(5)49)25(21)57-17(3)47)39-29-23(33(51)43(7)35(41-29)61-9)37-11-12-38-24-30(42-36(62-10)44(8)34(24)52)40-32-28(60-20(6)50)26(58-18(4)48)22(14-54-32)56-16(2)46/h11-12,21-22,25-28,31-32,39-40H,13-14H2,1-10H3/t21-,22-,25-,26+,27-,28-,31+,32+/m0/s1. The molecule has 4 rings (SSSR count). The van der Waals surface area contributed by atoms with Crippen LogP contribution in [0.1, 0.15) is 41.5 Å². The zero-order valence-electron chi connectivity index (χ0n) is 35.2. The van der Waals surface area contributed by atoms with Crippen molar-refractivity contribution in [1.82, 2.24) is 19.1 Å². The van der Waals surface area contributed by atoms with Crippen LogP contribution in [0.15, 0.2) is 29.9 Å². The molecule has 62 heavy (non-hydrogen) atoms. The summed E-state index contributed by atoms with van der Waals surface area (Å²) in [6.45, 7) is 6.07. The molecule has 8 atom stereocenters. The van der Waals surface area contributed by atoms with Crippen LogP contribution in [0.2, 0.25) is 0 Å². The Morgan fingerprint density at radius 1 is 0.581 bits per heavy atom. The van der Waals surface area contributed by atoms with Gasteiger partial charge in [-0.1, -0.05) is 23.5 Å². The van der Waals surface area contributed by atoms with E-state index in [1.54, 1.807) is 12.5 Å². The lowest BCUT2D eigenvalue weighted by Crippen LogP contribution is -2.59. The number of ether oxygens (including phenoxy) is 8. The fourth-order valence-electron chi connectivity index (χ4n) is 6.16. The predicted molar refractivity (Wildman–Crippen MR) is 219 cm³/mol. The fraction of sp³-hybridized carbons (Fsp3) is 0.556. The monoisotopic (exact) mass is 910 g/mol. The van der Waals surface area contributed by atoms with E-state index in [0.29, 0.717) is 0 Å². The number of hydrogen-bond acceptors (Lipinski definition) is 24. The van der Waals surface area contributed by atoms with E-state index < -0.39 is 96.0 Å². The summed E-state index contributed by atoms with van der Waals surface area (Å²) in [5.41, 5.74) is -1.91. The molecule has 0 aliphatic carbocycles. The van der Waals surface area contributed by atoms with Crippen molar-refractivity contribution in [1.29, 1.82) is 0 Å². The summed E-state index contributed by atoms with van der Waals surface area (Å²) in [7, 11) is 2.91. The Labute approximate surface area is 361 Å². The molecule has 2 aliphatic rings. The van der Waals surface area contributed by atoms with Gasteiger partial charge in [-0.05, 0) is 12.5 Å². The highest BCUT2D eigenvalue weighted by molar-refractivity contribution is 7.98. The normalized spacial score (nSPS) is 23.6. The minimum atomic E-state index is -1.42. The molecular formula is C36H46N8O16S2. The zero-order valence-corrected chi connectivity index (χ0v) is 36.9. The van der Waals surface area contributed by atoms with E-state index in [9.17, 15) is 38.4 Å². The van der Waals surface area contributed by atoms with Gasteiger partial charge in [0.1, 0.15) is 0 Å². The Kier molecular flexibility index (Phi) is 17.1. The third-order valence-corrected chi connectivity index (χ3v) is 10.0. The summed E-state index contributed by atoms with van der Waals surface area (Å²) in [6, 6.07) is 0. The average molecular weight is 911 g/mol. The first-order valence-corrected chi connectivity index (χ1v) is 20.9. The van der Waals surface area contributed by atoms with Crippen LogP contribution in [0, 0.1) is 0 Å². The van der Waals surface area contributed by atoms with E-state index in [2.05, 4.69) is 30.6 Å². The van der Waals surface area contributed by atoms with Crippen molar-refractivity contribution >= 4 is 94.8 Å². The van der Waals surface area contributed by atoms with E-state index >= 15 is 0 Å². The maximum atomic E-state index is 13.7. The quantitative estimate of drug-likeness (QED) is 0.0811. The molecule has 0 saturated carbocycles. The fourth-order valence-corrected chi connectivity index (χ4v) is 7.23. The van der Waals surface area contributed by atoms with Crippen molar-refractivity contribution in [3.05, 3.63) is 20.7 Å². The summed E-state index contributed by atoms with van der Waals surface area (Å²) in [5.74, 6) is -4.90. The minimum absolute atomic E-state index is 0.165. The van der Waals surface area contributed by atoms with Gasteiger partial charge in [0, 0.05) is 68.1 Å². The van der Waals surface area contributed by atoms with Gasteiger partial charge in [0.25, 0.3) is 11.1 Å². The Morgan fingerprint density at radius 2 is 0.887 bits per heavy atom. The number of nitrogens with one attached hydrogen (secondary N) is 2. The Morgan fingerprint density at radius 3 is 1.18 bits per heavy atom. The second-order valence-corrected chi connectivity index (χ2v) is 14.8. The highest BCUT2D eigenvalue weighted by Crippen LogP contribution is 2.31. The third-order valence-electron chi connectivity index (χ3n) is 8.55. The van der Waals surface area contributed by atoms with Gasteiger partial charge in [-0.25, -0.2) is 20.0 Å². The van der Waals surface area contributed by atoms with E-state index in [4.69, 9.17) is 37.9 Å². The van der Waals surface area contributed by atoms with Crippen molar-refractivity contribution in [3.8, 4) is 0 Å². The summed E-state index contributed by atoms with van der Waals surface area (Å²) >= 11 is 2.24. The highest BCUT2D eigenvalue weighted by Gasteiger charge is 2.49. The van der Waals surface area contributed by atoms with Gasteiger partial charge < -0.3 is 48.5 Å². The van der Waals surface area contributed by atoms with Crippen molar-refractivity contribution < 1.29 is 66.7 Å².